The van der Waals surface area contributed by atoms with Crippen LogP contribution in [-0.2, 0) is 4.74 Å². The Hall–Kier alpha value is -0.770. The van der Waals surface area contributed by atoms with Crippen LogP contribution in [0, 0.1) is 5.92 Å². The maximum Gasteiger partial charge on any atom is 0.315 e. The number of carbonyl (C=O) groups excluding carboxylic acids is 1. The molecule has 0 aromatic heterocycles. The third-order valence-corrected chi connectivity index (χ3v) is 3.46. The highest BCUT2D eigenvalue weighted by atomic mass is 16.5. The number of ether oxygens (including phenoxy) is 1. The van der Waals surface area contributed by atoms with Crippen molar-refractivity contribution in [2.45, 2.75) is 51.2 Å². The maximum absolute atomic E-state index is 11.5. The minimum absolute atomic E-state index is 0.0302. The van der Waals surface area contributed by atoms with Crippen molar-refractivity contribution in [2.75, 3.05) is 13.2 Å². The van der Waals surface area contributed by atoms with E-state index in [-0.39, 0.29) is 6.03 Å². The van der Waals surface area contributed by atoms with E-state index in [1.54, 1.807) is 0 Å². The van der Waals surface area contributed by atoms with Crippen molar-refractivity contribution in [3.8, 4) is 0 Å². The van der Waals surface area contributed by atoms with Gasteiger partial charge in [0.2, 0.25) is 0 Å². The predicted octanol–water partition coefficient (Wildman–Crippen LogP) is 1.65. The summed E-state index contributed by atoms with van der Waals surface area (Å²) in [6, 6.07) is 0.292. The van der Waals surface area contributed by atoms with E-state index in [1.807, 2.05) is 0 Å². The molecule has 1 aliphatic carbocycles. The van der Waals surface area contributed by atoms with Crippen LogP contribution in [0.5, 0.6) is 0 Å². The zero-order valence-electron chi connectivity index (χ0n) is 10.00. The van der Waals surface area contributed by atoms with Gasteiger partial charge in [0.1, 0.15) is 0 Å². The zero-order chi connectivity index (χ0) is 11.4. The number of amides is 2. The number of carbonyl (C=O) groups is 1. The molecule has 0 aromatic carbocycles. The number of urea groups is 1. The molecule has 1 saturated heterocycles. The molecule has 4 heteroatoms. The topological polar surface area (TPSA) is 50.4 Å². The van der Waals surface area contributed by atoms with Gasteiger partial charge in [-0.1, -0.05) is 0 Å². The molecule has 92 valence electrons. The van der Waals surface area contributed by atoms with Gasteiger partial charge in [0.05, 0.1) is 6.10 Å². The van der Waals surface area contributed by atoms with Crippen LogP contribution in [0.15, 0.2) is 0 Å². The van der Waals surface area contributed by atoms with Crippen molar-refractivity contribution in [3.63, 3.8) is 0 Å². The van der Waals surface area contributed by atoms with Crippen LogP contribution < -0.4 is 10.6 Å². The molecular weight excluding hydrogens is 204 g/mol. The minimum atomic E-state index is -0.0302. The van der Waals surface area contributed by atoms with Gasteiger partial charge in [-0.05, 0) is 44.9 Å². The average molecular weight is 226 g/mol. The van der Waals surface area contributed by atoms with Gasteiger partial charge in [-0.3, -0.25) is 0 Å². The quantitative estimate of drug-likeness (QED) is 0.749. The first-order chi connectivity index (χ1) is 7.75. The Bertz CT molecular complexity index is 235. The highest BCUT2D eigenvalue weighted by molar-refractivity contribution is 5.74. The van der Waals surface area contributed by atoms with Gasteiger partial charge >= 0.3 is 6.03 Å². The van der Waals surface area contributed by atoms with Crippen LogP contribution in [-0.4, -0.2) is 31.3 Å². The van der Waals surface area contributed by atoms with Gasteiger partial charge < -0.3 is 15.4 Å². The Labute approximate surface area is 97.1 Å². The first kappa shape index (κ1) is 11.7. The number of nitrogens with one attached hydrogen (secondary N) is 2. The van der Waals surface area contributed by atoms with E-state index in [1.165, 1.54) is 12.8 Å². The molecule has 0 radical (unpaired) electrons. The van der Waals surface area contributed by atoms with Crippen LogP contribution in [0.4, 0.5) is 4.79 Å². The van der Waals surface area contributed by atoms with Crippen LogP contribution in [0.2, 0.25) is 0 Å². The first-order valence-corrected chi connectivity index (χ1v) is 6.41. The molecule has 2 fully saturated rings. The standard InChI is InChI=1S/C12H22N2O2/c1-9(10-4-5-10)14-12(15)13-7-6-11-3-2-8-16-11/h9-11H,2-8H2,1H3,(H2,13,14,15). The molecule has 1 saturated carbocycles. The predicted molar refractivity (Wildman–Crippen MR) is 62.3 cm³/mol. The smallest absolute Gasteiger partial charge is 0.315 e. The highest BCUT2D eigenvalue weighted by Gasteiger charge is 2.28. The largest absolute Gasteiger partial charge is 0.378 e. The maximum atomic E-state index is 11.5. The van der Waals surface area contributed by atoms with Crippen molar-refractivity contribution < 1.29 is 9.53 Å². The van der Waals surface area contributed by atoms with Crippen molar-refractivity contribution in [1.29, 1.82) is 0 Å². The number of hydrogen-bond acceptors (Lipinski definition) is 2. The normalized spacial score (nSPS) is 26.4. The monoisotopic (exact) mass is 226 g/mol. The van der Waals surface area contributed by atoms with Gasteiger partial charge in [-0.25, -0.2) is 4.79 Å². The molecule has 0 bridgehead atoms. The summed E-state index contributed by atoms with van der Waals surface area (Å²) in [5, 5.41) is 5.87. The number of rotatable bonds is 5. The Morgan fingerprint density at radius 3 is 2.88 bits per heavy atom. The van der Waals surface area contributed by atoms with E-state index < -0.39 is 0 Å². The summed E-state index contributed by atoms with van der Waals surface area (Å²) in [5.41, 5.74) is 0. The molecule has 1 heterocycles. The summed E-state index contributed by atoms with van der Waals surface area (Å²) in [7, 11) is 0. The van der Waals surface area contributed by atoms with Crippen molar-refractivity contribution in [1.82, 2.24) is 10.6 Å². The summed E-state index contributed by atoms with van der Waals surface area (Å²) in [6.07, 6.45) is 6.12. The summed E-state index contributed by atoms with van der Waals surface area (Å²) in [6.45, 7) is 3.68. The molecule has 0 aromatic rings. The highest BCUT2D eigenvalue weighted by Crippen LogP contribution is 2.32. The summed E-state index contributed by atoms with van der Waals surface area (Å²) in [5.74, 6) is 0.712. The Kier molecular flexibility index (Phi) is 4.04. The third kappa shape index (κ3) is 3.67. The summed E-state index contributed by atoms with van der Waals surface area (Å²) in [4.78, 5) is 11.5. The third-order valence-electron chi connectivity index (χ3n) is 3.46. The molecule has 2 amide bonds. The Balaban J connectivity index is 1.52. The fraction of sp³-hybridized carbons (Fsp3) is 0.917. The second-order valence-electron chi connectivity index (χ2n) is 4.95. The van der Waals surface area contributed by atoms with Crippen LogP contribution in [0.3, 0.4) is 0 Å². The van der Waals surface area contributed by atoms with E-state index in [4.69, 9.17) is 4.74 Å². The van der Waals surface area contributed by atoms with Crippen molar-refractivity contribution >= 4 is 6.03 Å². The lowest BCUT2D eigenvalue weighted by atomic mass is 10.2. The van der Waals surface area contributed by atoms with Gasteiger partial charge in [0, 0.05) is 19.2 Å². The molecule has 2 unspecified atom stereocenters. The minimum Gasteiger partial charge on any atom is -0.378 e. The van der Waals surface area contributed by atoms with E-state index in [2.05, 4.69) is 17.6 Å². The molecule has 2 N–H and O–H groups in total. The molecule has 2 rings (SSSR count). The lowest BCUT2D eigenvalue weighted by molar-refractivity contribution is 0.104. The van der Waals surface area contributed by atoms with E-state index in [9.17, 15) is 4.79 Å². The molecule has 0 spiro atoms. The lowest BCUT2D eigenvalue weighted by Gasteiger charge is -2.14. The molecule has 16 heavy (non-hydrogen) atoms. The van der Waals surface area contributed by atoms with Crippen LogP contribution >= 0.6 is 0 Å². The molecule has 4 nitrogen and oxygen atoms in total. The summed E-state index contributed by atoms with van der Waals surface area (Å²) < 4.78 is 5.49. The van der Waals surface area contributed by atoms with Gasteiger partial charge in [0.25, 0.3) is 0 Å². The second kappa shape index (κ2) is 5.53. The van der Waals surface area contributed by atoms with Crippen molar-refractivity contribution in [2.24, 2.45) is 5.92 Å². The van der Waals surface area contributed by atoms with Crippen LogP contribution in [0.25, 0.3) is 0 Å². The van der Waals surface area contributed by atoms with E-state index in [0.29, 0.717) is 24.6 Å². The lowest BCUT2D eigenvalue weighted by Crippen LogP contribution is -2.42. The Morgan fingerprint density at radius 2 is 2.25 bits per heavy atom. The van der Waals surface area contributed by atoms with Gasteiger partial charge in [-0.15, -0.1) is 0 Å². The number of hydrogen-bond donors (Lipinski definition) is 2. The zero-order valence-corrected chi connectivity index (χ0v) is 10.00. The van der Waals surface area contributed by atoms with Crippen molar-refractivity contribution in [3.05, 3.63) is 0 Å². The first-order valence-electron chi connectivity index (χ1n) is 6.41. The molecule has 1 aliphatic heterocycles. The molecule has 2 atom stereocenters. The van der Waals surface area contributed by atoms with Gasteiger partial charge in [0.15, 0.2) is 0 Å². The summed E-state index contributed by atoms with van der Waals surface area (Å²) >= 11 is 0. The van der Waals surface area contributed by atoms with Crippen LogP contribution in [0.1, 0.15) is 39.0 Å². The fourth-order valence-corrected chi connectivity index (χ4v) is 2.19. The SMILES string of the molecule is CC(NC(=O)NCCC1CCCO1)C1CC1. The fourth-order valence-electron chi connectivity index (χ4n) is 2.19. The second-order valence-corrected chi connectivity index (χ2v) is 4.95. The van der Waals surface area contributed by atoms with E-state index >= 15 is 0 Å². The molecular formula is C12H22N2O2. The molecule has 2 aliphatic rings. The van der Waals surface area contributed by atoms with Gasteiger partial charge in [-0.2, -0.15) is 0 Å². The Morgan fingerprint density at radius 1 is 1.44 bits per heavy atom. The average Bonchev–Trinajstić information content (AvgIpc) is 2.98. The van der Waals surface area contributed by atoms with E-state index in [0.717, 1.165) is 25.9 Å².